The summed E-state index contributed by atoms with van der Waals surface area (Å²) in [6.07, 6.45) is 3.86. The van der Waals surface area contributed by atoms with Gasteiger partial charge in [-0.15, -0.1) is 11.3 Å². The highest BCUT2D eigenvalue weighted by Crippen LogP contribution is 2.54. The van der Waals surface area contributed by atoms with Gasteiger partial charge in [0.2, 0.25) is 0 Å². The van der Waals surface area contributed by atoms with Crippen LogP contribution in [0.1, 0.15) is 51.2 Å². The van der Waals surface area contributed by atoms with E-state index in [1.807, 2.05) is 11.3 Å². The standard InChI is InChI=1S/C13H20BrNS/c1-9(14)13(5-6-13)7-11-15-10(8-16-11)12(2,3)4/h8-9H,5-7H2,1-4H3. The van der Waals surface area contributed by atoms with Gasteiger partial charge in [0.25, 0.3) is 0 Å². The van der Waals surface area contributed by atoms with Crippen molar-refractivity contribution in [3.63, 3.8) is 0 Å². The molecule has 1 aromatic heterocycles. The maximum atomic E-state index is 4.79. The molecule has 0 bridgehead atoms. The van der Waals surface area contributed by atoms with Crippen molar-refractivity contribution in [2.45, 2.75) is 57.2 Å². The third kappa shape index (κ3) is 2.51. The first-order chi connectivity index (χ1) is 7.33. The maximum absolute atomic E-state index is 4.79. The molecule has 16 heavy (non-hydrogen) atoms. The van der Waals surface area contributed by atoms with E-state index in [0.717, 1.165) is 6.42 Å². The van der Waals surface area contributed by atoms with Crippen molar-refractivity contribution in [1.82, 2.24) is 4.98 Å². The fourth-order valence-corrected chi connectivity index (χ4v) is 3.71. The quantitative estimate of drug-likeness (QED) is 0.747. The normalized spacial score (nSPS) is 20.8. The summed E-state index contributed by atoms with van der Waals surface area (Å²) in [6, 6.07) is 0. The van der Waals surface area contributed by atoms with Crippen LogP contribution in [0, 0.1) is 5.41 Å². The van der Waals surface area contributed by atoms with Crippen LogP contribution in [0.2, 0.25) is 0 Å². The second kappa shape index (κ2) is 4.09. The Morgan fingerprint density at radius 3 is 2.50 bits per heavy atom. The Kier molecular flexibility index (Phi) is 3.21. The van der Waals surface area contributed by atoms with Crippen molar-refractivity contribution >= 4 is 27.3 Å². The van der Waals surface area contributed by atoms with Gasteiger partial charge in [-0.2, -0.15) is 0 Å². The van der Waals surface area contributed by atoms with Crippen molar-refractivity contribution in [1.29, 1.82) is 0 Å². The van der Waals surface area contributed by atoms with E-state index in [1.54, 1.807) is 0 Å². The lowest BCUT2D eigenvalue weighted by Gasteiger charge is -2.17. The lowest BCUT2D eigenvalue weighted by Crippen LogP contribution is -2.16. The molecule has 1 aliphatic rings. The Morgan fingerprint density at radius 1 is 1.50 bits per heavy atom. The fraction of sp³-hybridized carbons (Fsp3) is 0.769. The van der Waals surface area contributed by atoms with Gasteiger partial charge in [0.05, 0.1) is 10.7 Å². The van der Waals surface area contributed by atoms with Crippen molar-refractivity contribution < 1.29 is 0 Å². The summed E-state index contributed by atoms with van der Waals surface area (Å²) in [5, 5.41) is 3.54. The Labute approximate surface area is 111 Å². The van der Waals surface area contributed by atoms with Gasteiger partial charge in [-0.3, -0.25) is 0 Å². The zero-order valence-corrected chi connectivity index (χ0v) is 12.9. The third-order valence-electron chi connectivity index (χ3n) is 3.56. The molecule has 1 aromatic rings. The van der Waals surface area contributed by atoms with Gasteiger partial charge in [-0.25, -0.2) is 4.98 Å². The molecule has 1 heterocycles. The first-order valence-corrected chi connectivity index (χ1v) is 7.72. The van der Waals surface area contributed by atoms with Crippen molar-refractivity contribution in [3.05, 3.63) is 16.1 Å². The summed E-state index contributed by atoms with van der Waals surface area (Å²) in [6.45, 7) is 8.95. The molecule has 1 fully saturated rings. The lowest BCUT2D eigenvalue weighted by atomic mass is 9.93. The zero-order valence-electron chi connectivity index (χ0n) is 10.5. The minimum atomic E-state index is 0.186. The van der Waals surface area contributed by atoms with E-state index in [1.165, 1.54) is 23.5 Å². The molecular formula is C13H20BrNS. The highest BCUT2D eigenvalue weighted by atomic mass is 79.9. The second-order valence-electron chi connectivity index (χ2n) is 6.03. The molecule has 1 unspecified atom stereocenters. The number of hydrogen-bond donors (Lipinski definition) is 0. The average Bonchev–Trinajstić information content (AvgIpc) is 2.74. The number of alkyl halides is 1. The van der Waals surface area contributed by atoms with E-state index in [2.05, 4.69) is 49.0 Å². The zero-order chi connectivity index (χ0) is 12.0. The number of aromatic nitrogens is 1. The minimum absolute atomic E-state index is 0.186. The first-order valence-electron chi connectivity index (χ1n) is 5.92. The molecule has 0 radical (unpaired) electrons. The molecule has 1 nitrogen and oxygen atoms in total. The summed E-state index contributed by atoms with van der Waals surface area (Å²) >= 11 is 5.57. The van der Waals surface area contributed by atoms with E-state index in [0.29, 0.717) is 10.2 Å². The van der Waals surface area contributed by atoms with Gasteiger partial charge in [-0.05, 0) is 18.3 Å². The van der Waals surface area contributed by atoms with Crippen LogP contribution in [0.15, 0.2) is 5.38 Å². The Morgan fingerprint density at radius 2 is 2.12 bits per heavy atom. The number of nitrogens with zero attached hydrogens (tertiary/aromatic N) is 1. The summed E-state index contributed by atoms with van der Waals surface area (Å²) < 4.78 is 0. The van der Waals surface area contributed by atoms with Gasteiger partial charge in [0, 0.05) is 22.0 Å². The molecule has 0 spiro atoms. The minimum Gasteiger partial charge on any atom is -0.246 e. The Hall–Kier alpha value is 0.110. The lowest BCUT2D eigenvalue weighted by molar-refractivity contribution is 0.503. The monoisotopic (exact) mass is 301 g/mol. The molecule has 90 valence electrons. The van der Waals surface area contributed by atoms with E-state index in [-0.39, 0.29) is 5.41 Å². The summed E-state index contributed by atoms with van der Waals surface area (Å²) in [5.41, 5.74) is 1.93. The van der Waals surface area contributed by atoms with Gasteiger partial charge in [0.15, 0.2) is 0 Å². The van der Waals surface area contributed by atoms with Crippen LogP contribution in [-0.4, -0.2) is 9.81 Å². The highest BCUT2D eigenvalue weighted by Gasteiger charge is 2.46. The van der Waals surface area contributed by atoms with Crippen LogP contribution in [0.25, 0.3) is 0 Å². The molecule has 0 N–H and O–H groups in total. The van der Waals surface area contributed by atoms with Crippen LogP contribution in [0.3, 0.4) is 0 Å². The average molecular weight is 302 g/mol. The van der Waals surface area contributed by atoms with Gasteiger partial charge in [0.1, 0.15) is 0 Å². The van der Waals surface area contributed by atoms with Crippen molar-refractivity contribution in [2.24, 2.45) is 5.41 Å². The first kappa shape index (κ1) is 12.6. The number of thiazole rings is 1. The number of hydrogen-bond acceptors (Lipinski definition) is 2. The molecule has 3 heteroatoms. The molecule has 1 saturated carbocycles. The molecule has 0 saturated heterocycles. The van der Waals surface area contributed by atoms with Gasteiger partial charge < -0.3 is 0 Å². The van der Waals surface area contributed by atoms with E-state index in [9.17, 15) is 0 Å². The Bertz CT molecular complexity index is 372. The summed E-state index contributed by atoms with van der Waals surface area (Å²) in [4.78, 5) is 5.40. The SMILES string of the molecule is CC(Br)C1(Cc2nc(C(C)(C)C)cs2)CC1. The van der Waals surface area contributed by atoms with Crippen molar-refractivity contribution in [3.8, 4) is 0 Å². The van der Waals surface area contributed by atoms with Crippen molar-refractivity contribution in [2.75, 3.05) is 0 Å². The maximum Gasteiger partial charge on any atom is 0.0934 e. The topological polar surface area (TPSA) is 12.9 Å². The van der Waals surface area contributed by atoms with Crippen LogP contribution >= 0.6 is 27.3 Å². The summed E-state index contributed by atoms with van der Waals surface area (Å²) in [5.74, 6) is 0. The third-order valence-corrected chi connectivity index (χ3v) is 5.38. The predicted molar refractivity (Wildman–Crippen MR) is 74.6 cm³/mol. The van der Waals surface area contributed by atoms with Gasteiger partial charge >= 0.3 is 0 Å². The molecular weight excluding hydrogens is 282 g/mol. The van der Waals surface area contributed by atoms with Crippen LogP contribution in [-0.2, 0) is 11.8 Å². The molecule has 1 atom stereocenters. The Balaban J connectivity index is 2.09. The smallest absolute Gasteiger partial charge is 0.0934 e. The molecule has 0 aliphatic heterocycles. The molecule has 2 rings (SSSR count). The number of halogens is 1. The summed E-state index contributed by atoms with van der Waals surface area (Å²) in [7, 11) is 0. The van der Waals surface area contributed by atoms with Crippen LogP contribution in [0.4, 0.5) is 0 Å². The predicted octanol–water partition coefficient (Wildman–Crippen LogP) is 4.55. The number of rotatable bonds is 3. The van der Waals surface area contributed by atoms with Crippen LogP contribution in [0.5, 0.6) is 0 Å². The van der Waals surface area contributed by atoms with E-state index >= 15 is 0 Å². The fourth-order valence-electron chi connectivity index (χ4n) is 1.91. The molecule has 0 aromatic carbocycles. The second-order valence-corrected chi connectivity index (χ2v) is 8.35. The molecule has 0 amide bonds. The largest absolute Gasteiger partial charge is 0.246 e. The highest BCUT2D eigenvalue weighted by molar-refractivity contribution is 9.09. The molecule has 1 aliphatic carbocycles. The van der Waals surface area contributed by atoms with E-state index < -0.39 is 0 Å². The van der Waals surface area contributed by atoms with Crippen LogP contribution < -0.4 is 0 Å². The van der Waals surface area contributed by atoms with E-state index in [4.69, 9.17) is 4.98 Å². The van der Waals surface area contributed by atoms with Gasteiger partial charge in [-0.1, -0.05) is 43.6 Å².